The molecule has 2 aliphatic heterocycles. The lowest BCUT2D eigenvalue weighted by molar-refractivity contribution is -0.532. The van der Waals surface area contributed by atoms with E-state index in [9.17, 15) is 14.9 Å². The summed E-state index contributed by atoms with van der Waals surface area (Å²) in [5.41, 5.74) is 0.431. The maximum Gasteiger partial charge on any atom is 0.256 e. The van der Waals surface area contributed by atoms with Gasteiger partial charge in [0.2, 0.25) is 0 Å². The summed E-state index contributed by atoms with van der Waals surface area (Å²) in [7, 11) is 0. The summed E-state index contributed by atoms with van der Waals surface area (Å²) < 4.78 is 5.50. The van der Waals surface area contributed by atoms with Crippen LogP contribution in [0.2, 0.25) is 5.02 Å². The number of ether oxygens (including phenoxy) is 1. The molecule has 1 fully saturated rings. The van der Waals surface area contributed by atoms with Gasteiger partial charge in [-0.2, -0.15) is 0 Å². The fourth-order valence-corrected chi connectivity index (χ4v) is 4.79. The zero-order chi connectivity index (χ0) is 20.8. The number of carbonyl (C=O) groups is 1. The topological polar surface area (TPSA) is 93.5 Å². The van der Waals surface area contributed by atoms with E-state index in [1.165, 1.54) is 0 Å². The fraction of sp³-hybridized carbons (Fsp3) is 0.286. The number of nitro groups is 1. The van der Waals surface area contributed by atoms with Crippen LogP contribution in [0.4, 0.5) is 5.69 Å². The number of benzene rings is 2. The quantitative estimate of drug-likeness (QED) is 0.444. The third-order valence-corrected chi connectivity index (χ3v) is 5.96. The van der Waals surface area contributed by atoms with Crippen LogP contribution in [-0.4, -0.2) is 29.5 Å². The van der Waals surface area contributed by atoms with Gasteiger partial charge in [0, 0.05) is 22.2 Å². The number of hydrogen-bond acceptors (Lipinski definition) is 5. The second-order valence-electron chi connectivity index (χ2n) is 7.29. The summed E-state index contributed by atoms with van der Waals surface area (Å²) in [6.07, 6.45) is 1.61. The van der Waals surface area contributed by atoms with Gasteiger partial charge in [-0.25, -0.2) is 0 Å². The Bertz CT molecular complexity index is 1010. The molecule has 1 spiro atoms. The van der Waals surface area contributed by atoms with Crippen molar-refractivity contribution in [3.8, 4) is 5.75 Å². The van der Waals surface area contributed by atoms with Crippen molar-refractivity contribution in [3.05, 3.63) is 81.4 Å². The number of nitrogens with one attached hydrogen (secondary N) is 2. The van der Waals surface area contributed by atoms with E-state index in [-0.39, 0.29) is 11.0 Å². The monoisotopic (exact) mass is 413 g/mol. The molecule has 1 saturated heterocycles. The maximum absolute atomic E-state index is 13.0. The van der Waals surface area contributed by atoms with Crippen LogP contribution in [0.1, 0.15) is 24.0 Å². The first-order chi connectivity index (χ1) is 13.9. The predicted molar refractivity (Wildman–Crippen MR) is 110 cm³/mol. The molecule has 1 amide bonds. The molecule has 29 heavy (non-hydrogen) atoms. The third-order valence-electron chi connectivity index (χ3n) is 5.66. The molecule has 4 atom stereocenters. The maximum atomic E-state index is 13.0. The summed E-state index contributed by atoms with van der Waals surface area (Å²) in [6.45, 7) is 5.75. The van der Waals surface area contributed by atoms with Crippen molar-refractivity contribution >= 4 is 23.2 Å². The molecule has 4 rings (SSSR count). The van der Waals surface area contributed by atoms with Crippen LogP contribution in [0, 0.1) is 10.1 Å². The van der Waals surface area contributed by atoms with E-state index in [1.54, 1.807) is 48.5 Å². The summed E-state index contributed by atoms with van der Waals surface area (Å²) in [5, 5.41) is 18.6. The van der Waals surface area contributed by atoms with Crippen LogP contribution in [0.25, 0.3) is 0 Å². The number of hydrogen-bond donors (Lipinski definition) is 2. The molecule has 0 unspecified atom stereocenters. The van der Waals surface area contributed by atoms with Gasteiger partial charge in [-0.05, 0) is 30.7 Å². The zero-order valence-electron chi connectivity index (χ0n) is 15.7. The van der Waals surface area contributed by atoms with Gasteiger partial charge in [0.1, 0.15) is 12.4 Å². The van der Waals surface area contributed by atoms with E-state index in [0.29, 0.717) is 34.2 Å². The lowest BCUT2D eigenvalue weighted by Gasteiger charge is -2.25. The Morgan fingerprint density at radius 1 is 1.34 bits per heavy atom. The van der Waals surface area contributed by atoms with E-state index in [2.05, 4.69) is 17.2 Å². The number of nitrogens with zero attached hydrogens (tertiary/aromatic N) is 1. The highest BCUT2D eigenvalue weighted by Crippen LogP contribution is 2.50. The Balaban J connectivity index is 1.80. The molecular formula is C21H20ClN3O4. The normalized spacial score (nSPS) is 27.5. The minimum absolute atomic E-state index is 0.304. The first-order valence-electron chi connectivity index (χ1n) is 9.25. The van der Waals surface area contributed by atoms with Crippen LogP contribution in [-0.2, 0) is 10.3 Å². The van der Waals surface area contributed by atoms with Gasteiger partial charge in [-0.15, -0.1) is 0 Å². The van der Waals surface area contributed by atoms with Gasteiger partial charge in [0.05, 0.1) is 10.9 Å². The lowest BCUT2D eigenvalue weighted by atomic mass is 9.78. The highest BCUT2D eigenvalue weighted by molar-refractivity contribution is 6.32. The minimum Gasteiger partial charge on any atom is -0.488 e. The lowest BCUT2D eigenvalue weighted by Crippen LogP contribution is -2.54. The first-order valence-corrected chi connectivity index (χ1v) is 9.63. The summed E-state index contributed by atoms with van der Waals surface area (Å²) in [6, 6.07) is 10.7. The second-order valence-corrected chi connectivity index (χ2v) is 7.69. The highest BCUT2D eigenvalue weighted by Gasteiger charge is 2.67. The zero-order valence-corrected chi connectivity index (χ0v) is 16.5. The Kier molecular flexibility index (Phi) is 4.80. The third kappa shape index (κ3) is 2.89. The van der Waals surface area contributed by atoms with Gasteiger partial charge in [0.25, 0.3) is 11.9 Å². The van der Waals surface area contributed by atoms with Crippen molar-refractivity contribution < 1.29 is 14.5 Å². The van der Waals surface area contributed by atoms with E-state index in [4.69, 9.17) is 16.3 Å². The standard InChI is InChI=1S/C21H20ClN3O4/c1-3-10-29-17-9-8-13(11-15(17)22)18-12(2)24-21(19(18)25(27)28)14-6-4-5-7-16(14)23-20(21)26/h3-9,11-12,18-19,24H,1,10H2,2H3,(H,23,26)/t12-,18-,19-,21+/m0/s1. The van der Waals surface area contributed by atoms with Gasteiger partial charge >= 0.3 is 0 Å². The van der Waals surface area contributed by atoms with Gasteiger partial charge in [-0.3, -0.25) is 20.2 Å². The van der Waals surface area contributed by atoms with Crippen molar-refractivity contribution in [1.29, 1.82) is 0 Å². The average Bonchev–Trinajstić information content (AvgIpc) is 3.15. The van der Waals surface area contributed by atoms with Crippen LogP contribution < -0.4 is 15.4 Å². The fourth-order valence-electron chi connectivity index (χ4n) is 4.54. The van der Waals surface area contributed by atoms with Crippen LogP contribution in [0.3, 0.4) is 0 Å². The molecule has 7 nitrogen and oxygen atoms in total. The number of anilines is 1. The summed E-state index contributed by atoms with van der Waals surface area (Å²) in [5.74, 6) is -0.495. The number of para-hydroxylation sites is 1. The summed E-state index contributed by atoms with van der Waals surface area (Å²) in [4.78, 5) is 24.9. The van der Waals surface area contributed by atoms with Crippen molar-refractivity contribution in [3.63, 3.8) is 0 Å². The van der Waals surface area contributed by atoms with Gasteiger partial charge in [-0.1, -0.05) is 48.5 Å². The molecule has 2 aromatic rings. The summed E-state index contributed by atoms with van der Waals surface area (Å²) >= 11 is 6.35. The molecule has 2 heterocycles. The molecule has 2 aromatic carbocycles. The van der Waals surface area contributed by atoms with Crippen molar-refractivity contribution in [2.45, 2.75) is 30.5 Å². The molecule has 2 N–H and O–H groups in total. The molecular weight excluding hydrogens is 394 g/mol. The molecule has 0 aliphatic carbocycles. The van der Waals surface area contributed by atoms with Gasteiger partial charge < -0.3 is 10.1 Å². The molecule has 0 saturated carbocycles. The van der Waals surface area contributed by atoms with Crippen molar-refractivity contribution in [2.75, 3.05) is 11.9 Å². The number of rotatable bonds is 5. The van der Waals surface area contributed by atoms with Crippen LogP contribution in [0.15, 0.2) is 55.1 Å². The predicted octanol–water partition coefficient (Wildman–Crippen LogP) is 3.47. The SMILES string of the molecule is C=CCOc1ccc([C@@H]2[C@H](C)N[C@@]3(C(=O)Nc4ccccc43)[C@H]2[N+](=O)[O-])cc1Cl. The van der Waals surface area contributed by atoms with E-state index >= 15 is 0 Å². The number of carbonyl (C=O) groups excluding carboxylic acids is 1. The molecule has 0 bridgehead atoms. The Morgan fingerprint density at radius 3 is 2.79 bits per heavy atom. The van der Waals surface area contributed by atoms with Crippen molar-refractivity contribution in [1.82, 2.24) is 5.32 Å². The highest BCUT2D eigenvalue weighted by atomic mass is 35.5. The second kappa shape index (κ2) is 7.17. The molecule has 8 heteroatoms. The minimum atomic E-state index is -1.44. The van der Waals surface area contributed by atoms with Crippen LogP contribution >= 0.6 is 11.6 Å². The van der Waals surface area contributed by atoms with E-state index < -0.39 is 23.4 Å². The molecule has 0 aromatic heterocycles. The Morgan fingerprint density at radius 2 is 2.10 bits per heavy atom. The van der Waals surface area contributed by atoms with E-state index in [0.717, 1.165) is 0 Å². The smallest absolute Gasteiger partial charge is 0.256 e. The van der Waals surface area contributed by atoms with Crippen LogP contribution in [0.5, 0.6) is 5.75 Å². The molecule has 2 aliphatic rings. The van der Waals surface area contributed by atoms with Gasteiger partial charge in [0.15, 0.2) is 5.54 Å². The average molecular weight is 414 g/mol. The Labute approximate surface area is 172 Å². The van der Waals surface area contributed by atoms with Crippen molar-refractivity contribution in [2.24, 2.45) is 0 Å². The molecule has 150 valence electrons. The number of fused-ring (bicyclic) bond motifs is 2. The van der Waals surface area contributed by atoms with E-state index in [1.807, 2.05) is 6.92 Å². The number of halogens is 1. The molecule has 0 radical (unpaired) electrons. The Hall–Kier alpha value is -2.90. The first kappa shape index (κ1) is 19.4. The largest absolute Gasteiger partial charge is 0.488 e. The number of amides is 1.